The summed E-state index contributed by atoms with van der Waals surface area (Å²) in [5.74, 6) is 0.848. The van der Waals surface area contributed by atoms with Gasteiger partial charge >= 0.3 is 0 Å². The smallest absolute Gasteiger partial charge is 0.224 e. The van der Waals surface area contributed by atoms with Crippen LogP contribution in [0.25, 0.3) is 0 Å². The molecule has 1 saturated carbocycles. The highest BCUT2D eigenvalue weighted by molar-refractivity contribution is 5.94. The molecule has 3 rings (SSSR count). The number of hydrogen-bond donors (Lipinski definition) is 2. The van der Waals surface area contributed by atoms with Crippen LogP contribution in [-0.2, 0) is 11.2 Å². The first-order valence-corrected chi connectivity index (χ1v) is 7.61. The Hall–Kier alpha value is -1.71. The summed E-state index contributed by atoms with van der Waals surface area (Å²) in [5.41, 5.74) is 8.66. The minimum Gasteiger partial charge on any atom is -0.488 e. The lowest BCUT2D eigenvalue weighted by atomic mass is 10.0. The number of carbonyl (C=O) groups excluding carboxylic acids is 1. The van der Waals surface area contributed by atoms with Crippen molar-refractivity contribution < 1.29 is 9.53 Å². The maximum atomic E-state index is 11.4. The molecule has 108 valence electrons. The molecule has 2 aliphatic rings. The van der Waals surface area contributed by atoms with Gasteiger partial charge in [-0.2, -0.15) is 0 Å². The molecule has 0 saturated heterocycles. The number of rotatable bonds is 2. The van der Waals surface area contributed by atoms with Crippen LogP contribution in [0.2, 0.25) is 0 Å². The third kappa shape index (κ3) is 2.89. The van der Waals surface area contributed by atoms with E-state index in [1.807, 2.05) is 12.1 Å². The summed E-state index contributed by atoms with van der Waals surface area (Å²) in [7, 11) is 0. The van der Waals surface area contributed by atoms with Gasteiger partial charge in [-0.05, 0) is 49.8 Å². The Bertz CT molecular complexity index is 505. The van der Waals surface area contributed by atoms with Crippen LogP contribution in [0.4, 0.5) is 11.4 Å². The number of carbonyl (C=O) groups is 1. The minimum absolute atomic E-state index is 0.0642. The number of anilines is 2. The van der Waals surface area contributed by atoms with Gasteiger partial charge in [0.05, 0.1) is 11.8 Å². The number of nitrogens with two attached hydrogens (primary N) is 1. The van der Waals surface area contributed by atoms with Crippen molar-refractivity contribution in [3.63, 3.8) is 0 Å². The van der Waals surface area contributed by atoms with Crippen molar-refractivity contribution in [2.75, 3.05) is 11.1 Å². The third-order valence-electron chi connectivity index (χ3n) is 4.23. The molecule has 1 aliphatic heterocycles. The summed E-state index contributed by atoms with van der Waals surface area (Å²) in [6.45, 7) is 0. The quantitative estimate of drug-likeness (QED) is 0.642. The molecule has 0 bridgehead atoms. The first-order valence-electron chi connectivity index (χ1n) is 7.61. The number of benzene rings is 1. The largest absolute Gasteiger partial charge is 0.488 e. The van der Waals surface area contributed by atoms with E-state index in [2.05, 4.69) is 5.32 Å². The van der Waals surface area contributed by atoms with Crippen molar-refractivity contribution in [2.24, 2.45) is 0 Å². The number of amides is 1. The van der Waals surface area contributed by atoms with Gasteiger partial charge in [0.2, 0.25) is 5.91 Å². The van der Waals surface area contributed by atoms with E-state index in [9.17, 15) is 4.79 Å². The van der Waals surface area contributed by atoms with Crippen LogP contribution in [0, 0.1) is 0 Å². The highest BCUT2D eigenvalue weighted by Crippen LogP contribution is 2.34. The van der Waals surface area contributed by atoms with Crippen LogP contribution in [0.5, 0.6) is 5.75 Å². The molecule has 1 fully saturated rings. The fourth-order valence-electron chi connectivity index (χ4n) is 3.06. The fraction of sp³-hybridized carbons (Fsp3) is 0.562. The molecule has 20 heavy (non-hydrogen) atoms. The van der Waals surface area contributed by atoms with E-state index in [0.29, 0.717) is 12.1 Å². The Morgan fingerprint density at radius 2 is 1.85 bits per heavy atom. The minimum atomic E-state index is 0.0642. The van der Waals surface area contributed by atoms with E-state index in [1.54, 1.807) is 0 Å². The standard InChI is InChI=1S/C16H22N2O2/c17-13-10-14-11(7-8-16(19)18-14)9-15(13)20-12-5-3-1-2-4-6-12/h9-10,12H,1-8,17H2,(H,18,19). The topological polar surface area (TPSA) is 64.3 Å². The zero-order chi connectivity index (χ0) is 13.9. The molecule has 1 aromatic carbocycles. The second-order valence-corrected chi connectivity index (χ2v) is 5.83. The molecular formula is C16H22N2O2. The van der Waals surface area contributed by atoms with Crippen LogP contribution in [-0.4, -0.2) is 12.0 Å². The van der Waals surface area contributed by atoms with Gasteiger partial charge in [0, 0.05) is 12.1 Å². The van der Waals surface area contributed by atoms with Gasteiger partial charge in [-0.3, -0.25) is 4.79 Å². The van der Waals surface area contributed by atoms with Crippen molar-refractivity contribution in [1.29, 1.82) is 0 Å². The predicted molar refractivity (Wildman–Crippen MR) is 79.9 cm³/mol. The predicted octanol–water partition coefficient (Wildman–Crippen LogP) is 3.26. The first kappa shape index (κ1) is 13.3. The molecule has 0 spiro atoms. The molecule has 3 N–H and O–H groups in total. The molecule has 1 aromatic rings. The highest BCUT2D eigenvalue weighted by atomic mass is 16.5. The number of nitrogens with one attached hydrogen (secondary N) is 1. The van der Waals surface area contributed by atoms with Crippen LogP contribution in [0.1, 0.15) is 50.5 Å². The van der Waals surface area contributed by atoms with E-state index in [-0.39, 0.29) is 12.0 Å². The Morgan fingerprint density at radius 3 is 2.60 bits per heavy atom. The third-order valence-corrected chi connectivity index (χ3v) is 4.23. The van der Waals surface area contributed by atoms with Gasteiger partial charge in [0.15, 0.2) is 0 Å². The summed E-state index contributed by atoms with van der Waals surface area (Å²) in [6.07, 6.45) is 8.94. The van der Waals surface area contributed by atoms with Gasteiger partial charge in [0.25, 0.3) is 0 Å². The van der Waals surface area contributed by atoms with E-state index >= 15 is 0 Å². The lowest BCUT2D eigenvalue weighted by Crippen LogP contribution is -2.20. The van der Waals surface area contributed by atoms with Crippen LogP contribution >= 0.6 is 0 Å². The second kappa shape index (κ2) is 5.73. The number of ether oxygens (including phenoxy) is 1. The van der Waals surface area contributed by atoms with Crippen molar-refractivity contribution >= 4 is 17.3 Å². The normalized spacial score (nSPS) is 19.9. The van der Waals surface area contributed by atoms with Crippen LogP contribution in [0.3, 0.4) is 0 Å². The highest BCUT2D eigenvalue weighted by Gasteiger charge is 2.19. The molecule has 4 nitrogen and oxygen atoms in total. The van der Waals surface area contributed by atoms with E-state index in [0.717, 1.165) is 36.3 Å². The van der Waals surface area contributed by atoms with Gasteiger partial charge < -0.3 is 15.8 Å². The van der Waals surface area contributed by atoms with E-state index in [4.69, 9.17) is 10.5 Å². The summed E-state index contributed by atoms with van der Waals surface area (Å²) < 4.78 is 6.12. The van der Waals surface area contributed by atoms with Crippen LogP contribution in [0.15, 0.2) is 12.1 Å². The monoisotopic (exact) mass is 274 g/mol. The molecular weight excluding hydrogens is 252 g/mol. The fourth-order valence-corrected chi connectivity index (χ4v) is 3.06. The summed E-state index contributed by atoms with van der Waals surface area (Å²) in [6, 6.07) is 3.84. The Labute approximate surface area is 119 Å². The second-order valence-electron chi connectivity index (χ2n) is 5.83. The average Bonchev–Trinajstić information content (AvgIpc) is 2.68. The number of fused-ring (bicyclic) bond motifs is 1. The SMILES string of the molecule is Nc1cc2c(cc1OC1CCCCCC1)CCC(=O)N2. The Kier molecular flexibility index (Phi) is 3.81. The Balaban J connectivity index is 1.77. The number of aryl methyl sites for hydroxylation is 1. The van der Waals surface area contributed by atoms with Crippen LogP contribution < -0.4 is 15.8 Å². The summed E-state index contributed by atoms with van der Waals surface area (Å²) in [5, 5.41) is 2.87. The van der Waals surface area contributed by atoms with Crippen molar-refractivity contribution in [3.8, 4) is 5.75 Å². The maximum absolute atomic E-state index is 11.4. The molecule has 0 unspecified atom stereocenters. The Morgan fingerprint density at radius 1 is 1.10 bits per heavy atom. The summed E-state index contributed by atoms with van der Waals surface area (Å²) in [4.78, 5) is 11.4. The van der Waals surface area contributed by atoms with Gasteiger partial charge in [-0.25, -0.2) is 0 Å². The van der Waals surface area contributed by atoms with Crippen molar-refractivity contribution in [3.05, 3.63) is 17.7 Å². The molecule has 0 radical (unpaired) electrons. The number of hydrogen-bond acceptors (Lipinski definition) is 3. The molecule has 1 heterocycles. The number of nitrogen functional groups attached to an aromatic ring is 1. The van der Waals surface area contributed by atoms with E-state index in [1.165, 1.54) is 25.7 Å². The average molecular weight is 274 g/mol. The van der Waals surface area contributed by atoms with Crippen molar-refractivity contribution in [1.82, 2.24) is 0 Å². The molecule has 1 aliphatic carbocycles. The zero-order valence-electron chi connectivity index (χ0n) is 11.8. The maximum Gasteiger partial charge on any atom is 0.224 e. The zero-order valence-corrected chi connectivity index (χ0v) is 11.8. The summed E-state index contributed by atoms with van der Waals surface area (Å²) >= 11 is 0. The lowest BCUT2D eigenvalue weighted by Gasteiger charge is -2.22. The molecule has 1 amide bonds. The molecule has 0 atom stereocenters. The van der Waals surface area contributed by atoms with Crippen molar-refractivity contribution in [2.45, 2.75) is 57.5 Å². The van der Waals surface area contributed by atoms with E-state index < -0.39 is 0 Å². The van der Waals surface area contributed by atoms with Gasteiger partial charge in [-0.15, -0.1) is 0 Å². The van der Waals surface area contributed by atoms with Gasteiger partial charge in [0.1, 0.15) is 5.75 Å². The molecule has 4 heteroatoms. The molecule has 0 aromatic heterocycles. The van der Waals surface area contributed by atoms with Gasteiger partial charge in [-0.1, -0.05) is 12.8 Å². The lowest BCUT2D eigenvalue weighted by molar-refractivity contribution is -0.116. The first-order chi connectivity index (χ1) is 9.72.